The fraction of sp³-hybridized carbons (Fsp3) is 0.923. The van der Waals surface area contributed by atoms with Crippen LogP contribution in [0, 0.1) is 11.3 Å². The highest BCUT2D eigenvalue weighted by Gasteiger charge is 2.25. The highest BCUT2D eigenvalue weighted by atomic mass is 16.5. The van der Waals surface area contributed by atoms with Crippen molar-refractivity contribution in [3.05, 3.63) is 0 Å². The zero-order valence-electron chi connectivity index (χ0n) is 11.3. The Morgan fingerprint density at radius 2 is 2.18 bits per heavy atom. The van der Waals surface area contributed by atoms with Crippen LogP contribution in [0.2, 0.25) is 0 Å². The Kier molecular flexibility index (Phi) is 5.90. The van der Waals surface area contributed by atoms with Crippen LogP contribution < -0.4 is 5.32 Å². The Hall–Kier alpha value is -0.630. The highest BCUT2D eigenvalue weighted by molar-refractivity contribution is 5.04. The van der Waals surface area contributed by atoms with Gasteiger partial charge in [0, 0.05) is 32.3 Å². The second-order valence-electron chi connectivity index (χ2n) is 5.30. The minimum atomic E-state index is -0.415. The predicted molar refractivity (Wildman–Crippen MR) is 68.8 cm³/mol. The molecule has 0 spiro atoms. The normalized spacial score (nSPS) is 21.8. The van der Waals surface area contributed by atoms with Crippen molar-refractivity contribution in [2.75, 3.05) is 32.8 Å². The van der Waals surface area contributed by atoms with Gasteiger partial charge in [-0.2, -0.15) is 5.26 Å². The van der Waals surface area contributed by atoms with Gasteiger partial charge in [-0.3, -0.25) is 5.32 Å². The summed E-state index contributed by atoms with van der Waals surface area (Å²) in [6, 6.07) is 2.74. The van der Waals surface area contributed by atoms with Gasteiger partial charge in [0.2, 0.25) is 0 Å². The van der Waals surface area contributed by atoms with Gasteiger partial charge in [-0.05, 0) is 33.6 Å². The van der Waals surface area contributed by atoms with Crippen LogP contribution in [-0.2, 0) is 4.74 Å². The maximum Gasteiger partial charge on any atom is 0.105 e. The summed E-state index contributed by atoms with van der Waals surface area (Å²) in [5, 5.41) is 12.6. The molecule has 1 rings (SSSR count). The summed E-state index contributed by atoms with van der Waals surface area (Å²) in [5.74, 6) is 0. The van der Waals surface area contributed by atoms with Crippen LogP contribution in [0.1, 0.15) is 33.6 Å². The van der Waals surface area contributed by atoms with E-state index in [0.717, 1.165) is 45.7 Å². The summed E-state index contributed by atoms with van der Waals surface area (Å²) < 4.78 is 5.43. The molecule has 98 valence electrons. The summed E-state index contributed by atoms with van der Waals surface area (Å²) in [4.78, 5) is 2.39. The van der Waals surface area contributed by atoms with Gasteiger partial charge >= 0.3 is 0 Å². The summed E-state index contributed by atoms with van der Waals surface area (Å²) in [6.07, 6.45) is 1.96. The fourth-order valence-corrected chi connectivity index (χ4v) is 2.20. The molecule has 0 aromatic rings. The molecule has 1 N–H and O–H groups in total. The Bertz CT molecular complexity index is 254. The molecular formula is C13H25N3O. The largest absolute Gasteiger partial charge is 0.380 e. The maximum atomic E-state index is 9.26. The second kappa shape index (κ2) is 6.95. The van der Waals surface area contributed by atoms with E-state index in [9.17, 15) is 5.26 Å². The number of hydrogen-bond acceptors (Lipinski definition) is 4. The van der Waals surface area contributed by atoms with Gasteiger partial charge in [-0.15, -0.1) is 0 Å². The van der Waals surface area contributed by atoms with E-state index in [1.54, 1.807) is 0 Å². The average molecular weight is 239 g/mol. The number of hydrogen-bond donors (Lipinski definition) is 1. The quantitative estimate of drug-likeness (QED) is 0.787. The van der Waals surface area contributed by atoms with Crippen molar-refractivity contribution in [2.45, 2.75) is 45.2 Å². The lowest BCUT2D eigenvalue weighted by atomic mass is 9.98. The van der Waals surface area contributed by atoms with E-state index in [2.05, 4.69) is 30.1 Å². The number of ether oxygens (including phenoxy) is 1. The molecule has 17 heavy (non-hydrogen) atoms. The van der Waals surface area contributed by atoms with Crippen LogP contribution in [0.3, 0.4) is 0 Å². The first-order valence-electron chi connectivity index (χ1n) is 6.55. The van der Waals surface area contributed by atoms with E-state index in [4.69, 9.17) is 4.74 Å². The minimum Gasteiger partial charge on any atom is -0.380 e. The van der Waals surface area contributed by atoms with Crippen molar-refractivity contribution in [2.24, 2.45) is 0 Å². The third-order valence-corrected chi connectivity index (χ3v) is 3.10. The molecule has 0 aliphatic carbocycles. The highest BCUT2D eigenvalue weighted by Crippen LogP contribution is 2.11. The summed E-state index contributed by atoms with van der Waals surface area (Å²) in [7, 11) is 0. The number of nitriles is 1. The van der Waals surface area contributed by atoms with Gasteiger partial charge < -0.3 is 9.64 Å². The van der Waals surface area contributed by atoms with E-state index >= 15 is 0 Å². The summed E-state index contributed by atoms with van der Waals surface area (Å²) >= 11 is 0. The van der Waals surface area contributed by atoms with Gasteiger partial charge in [-0.1, -0.05) is 0 Å². The molecule has 1 atom stereocenters. The molecule has 4 heteroatoms. The van der Waals surface area contributed by atoms with Gasteiger partial charge in [0.25, 0.3) is 0 Å². The van der Waals surface area contributed by atoms with E-state index in [1.165, 1.54) is 0 Å². The third kappa shape index (κ3) is 5.49. The Morgan fingerprint density at radius 3 is 2.82 bits per heavy atom. The number of rotatable bonds is 5. The Labute approximate surface area is 105 Å². The molecular weight excluding hydrogens is 214 g/mol. The molecule has 1 saturated heterocycles. The number of nitrogens with zero attached hydrogens (tertiary/aromatic N) is 2. The van der Waals surface area contributed by atoms with Crippen LogP contribution in [0.25, 0.3) is 0 Å². The molecule has 0 radical (unpaired) electrons. The van der Waals surface area contributed by atoms with Gasteiger partial charge in [0.05, 0.1) is 12.7 Å². The van der Waals surface area contributed by atoms with Crippen molar-refractivity contribution in [3.63, 3.8) is 0 Å². The van der Waals surface area contributed by atoms with Gasteiger partial charge in [0.15, 0.2) is 0 Å². The van der Waals surface area contributed by atoms with E-state index < -0.39 is 5.54 Å². The molecule has 1 aliphatic heterocycles. The van der Waals surface area contributed by atoms with Crippen molar-refractivity contribution < 1.29 is 4.74 Å². The first-order valence-corrected chi connectivity index (χ1v) is 6.55. The summed E-state index contributed by atoms with van der Waals surface area (Å²) in [5.41, 5.74) is -0.415. The van der Waals surface area contributed by atoms with Crippen LogP contribution in [0.5, 0.6) is 0 Å². The topological polar surface area (TPSA) is 48.3 Å². The third-order valence-electron chi connectivity index (χ3n) is 3.10. The van der Waals surface area contributed by atoms with Crippen molar-refractivity contribution in [1.29, 1.82) is 5.26 Å². The van der Waals surface area contributed by atoms with E-state index in [-0.39, 0.29) is 0 Å². The second-order valence-corrected chi connectivity index (χ2v) is 5.30. The van der Waals surface area contributed by atoms with Gasteiger partial charge in [-0.25, -0.2) is 0 Å². The number of nitrogens with one attached hydrogen (secondary N) is 1. The molecule has 4 nitrogen and oxygen atoms in total. The summed E-state index contributed by atoms with van der Waals surface area (Å²) in [6.45, 7) is 10.9. The first kappa shape index (κ1) is 14.4. The lowest BCUT2D eigenvalue weighted by molar-refractivity contribution is 0.140. The minimum absolute atomic E-state index is 0.340. The van der Waals surface area contributed by atoms with E-state index in [0.29, 0.717) is 6.04 Å². The molecule has 0 amide bonds. The van der Waals surface area contributed by atoms with Crippen LogP contribution >= 0.6 is 0 Å². The molecule has 1 fully saturated rings. The predicted octanol–water partition coefficient (Wildman–Crippen LogP) is 1.38. The molecule has 0 saturated carbocycles. The molecule has 0 bridgehead atoms. The van der Waals surface area contributed by atoms with Crippen LogP contribution in [-0.4, -0.2) is 49.3 Å². The van der Waals surface area contributed by atoms with Crippen LogP contribution in [0.15, 0.2) is 0 Å². The van der Waals surface area contributed by atoms with E-state index in [1.807, 2.05) is 6.92 Å². The molecule has 0 aromatic heterocycles. The monoisotopic (exact) mass is 239 g/mol. The van der Waals surface area contributed by atoms with Crippen molar-refractivity contribution in [3.8, 4) is 6.07 Å². The lowest BCUT2D eigenvalue weighted by Gasteiger charge is -2.29. The first-order chi connectivity index (χ1) is 8.06. The van der Waals surface area contributed by atoms with Crippen LogP contribution in [0.4, 0.5) is 0 Å². The molecule has 0 aromatic carbocycles. The molecule has 1 unspecified atom stereocenters. The maximum absolute atomic E-state index is 9.26. The molecule has 1 heterocycles. The smallest absolute Gasteiger partial charge is 0.105 e. The fourth-order valence-electron chi connectivity index (χ4n) is 2.20. The zero-order chi connectivity index (χ0) is 12.7. The van der Waals surface area contributed by atoms with Crippen molar-refractivity contribution in [1.82, 2.24) is 10.2 Å². The standard InChI is InChI=1S/C13H25N3O/c1-12(2)15-13(3,11-14)5-7-16-6-4-9-17-10-8-16/h12,15H,4-10H2,1-3H3. The zero-order valence-corrected chi connectivity index (χ0v) is 11.3. The van der Waals surface area contributed by atoms with Gasteiger partial charge in [0.1, 0.15) is 5.54 Å². The molecule has 1 aliphatic rings. The Balaban J connectivity index is 2.38. The SMILES string of the molecule is CC(C)NC(C)(C#N)CCN1CCCOCC1. The Morgan fingerprint density at radius 1 is 1.41 bits per heavy atom. The lowest BCUT2D eigenvalue weighted by Crippen LogP contribution is -2.47. The van der Waals surface area contributed by atoms with Crippen molar-refractivity contribution >= 4 is 0 Å². The average Bonchev–Trinajstić information content (AvgIpc) is 2.54.